The Labute approximate surface area is 116 Å². The number of para-hydroxylation sites is 1. The van der Waals surface area contributed by atoms with Crippen molar-refractivity contribution in [2.75, 3.05) is 0 Å². The van der Waals surface area contributed by atoms with Gasteiger partial charge in [-0.2, -0.15) is 0 Å². The van der Waals surface area contributed by atoms with E-state index in [4.69, 9.17) is 10.8 Å². The highest BCUT2D eigenvalue weighted by molar-refractivity contribution is 5.91. The van der Waals surface area contributed by atoms with Crippen LogP contribution >= 0.6 is 12.4 Å². The number of carboxylic acids is 1. The second-order valence-electron chi connectivity index (χ2n) is 4.22. The summed E-state index contributed by atoms with van der Waals surface area (Å²) in [6, 6.07) is 6.53. The lowest BCUT2D eigenvalue weighted by Crippen LogP contribution is -2.32. The Hall–Kier alpha value is -1.85. The van der Waals surface area contributed by atoms with E-state index in [1.165, 1.54) is 0 Å². The zero-order valence-corrected chi connectivity index (χ0v) is 10.9. The molecular formula is C13H15ClN2O3. The van der Waals surface area contributed by atoms with Gasteiger partial charge in [0.15, 0.2) is 0 Å². The summed E-state index contributed by atoms with van der Waals surface area (Å²) < 4.78 is 0. The molecule has 2 aromatic rings. The first-order valence-corrected chi connectivity index (χ1v) is 5.63. The first-order chi connectivity index (χ1) is 8.58. The first-order valence-electron chi connectivity index (χ1n) is 5.63. The molecule has 1 aromatic heterocycles. The summed E-state index contributed by atoms with van der Waals surface area (Å²) in [7, 11) is 0. The van der Waals surface area contributed by atoms with Gasteiger partial charge in [0.2, 0.25) is 0 Å². The molecule has 0 aliphatic carbocycles. The van der Waals surface area contributed by atoms with Gasteiger partial charge in [0.25, 0.3) is 0 Å². The topological polar surface area (TPSA) is 96.2 Å². The summed E-state index contributed by atoms with van der Waals surface area (Å²) >= 11 is 0. The molecule has 0 saturated carbocycles. The van der Waals surface area contributed by atoms with Crippen LogP contribution in [0.2, 0.25) is 0 Å². The molecule has 0 amide bonds. The van der Waals surface area contributed by atoms with Crippen LogP contribution in [0.4, 0.5) is 0 Å². The Morgan fingerprint density at radius 3 is 2.68 bits per heavy atom. The lowest BCUT2D eigenvalue weighted by Gasteiger charge is -2.04. The van der Waals surface area contributed by atoms with Crippen molar-refractivity contribution in [1.29, 1.82) is 0 Å². The van der Waals surface area contributed by atoms with Gasteiger partial charge in [0.1, 0.15) is 11.8 Å². The molecule has 2 rings (SSSR count). The molecule has 0 spiro atoms. The number of aliphatic carboxylic acids is 1. The average Bonchev–Trinajstić information content (AvgIpc) is 2.72. The molecule has 102 valence electrons. The number of hydrogen-bond donors (Lipinski definition) is 3. The number of halogens is 1. The molecule has 1 heterocycles. The number of aromatic nitrogens is 1. The van der Waals surface area contributed by atoms with Crippen LogP contribution in [0.1, 0.15) is 12.0 Å². The number of ketones is 1. The van der Waals surface area contributed by atoms with Crippen molar-refractivity contribution in [3.63, 3.8) is 0 Å². The minimum absolute atomic E-state index is 0. The van der Waals surface area contributed by atoms with Gasteiger partial charge in [-0.3, -0.25) is 9.59 Å². The van der Waals surface area contributed by atoms with Crippen LogP contribution in [-0.2, 0) is 16.0 Å². The molecule has 6 heteroatoms. The molecule has 0 radical (unpaired) electrons. The number of nitrogens with one attached hydrogen (secondary N) is 1. The minimum Gasteiger partial charge on any atom is -0.480 e. The second kappa shape index (κ2) is 6.36. The Kier molecular flexibility index (Phi) is 5.09. The minimum atomic E-state index is -1.15. The van der Waals surface area contributed by atoms with E-state index in [2.05, 4.69) is 4.98 Å². The van der Waals surface area contributed by atoms with Crippen molar-refractivity contribution in [2.45, 2.75) is 18.9 Å². The van der Waals surface area contributed by atoms with E-state index in [0.717, 1.165) is 16.5 Å². The van der Waals surface area contributed by atoms with Crippen LogP contribution in [0.3, 0.4) is 0 Å². The number of aromatic amines is 1. The number of rotatable bonds is 5. The van der Waals surface area contributed by atoms with E-state index in [0.29, 0.717) is 0 Å². The summed E-state index contributed by atoms with van der Waals surface area (Å²) in [4.78, 5) is 25.3. The molecule has 1 unspecified atom stereocenters. The van der Waals surface area contributed by atoms with Gasteiger partial charge in [-0.15, -0.1) is 12.4 Å². The smallest absolute Gasteiger partial charge is 0.320 e. The summed E-state index contributed by atoms with van der Waals surface area (Å²) in [5.74, 6) is -1.32. The summed E-state index contributed by atoms with van der Waals surface area (Å²) in [5, 5.41) is 9.63. The number of Topliss-reactive ketones (excluding diaryl/α,β-unsaturated/α-hetero) is 1. The molecule has 1 aromatic carbocycles. The second-order valence-corrected chi connectivity index (χ2v) is 4.22. The Balaban J connectivity index is 0.00000180. The number of H-pyrrole nitrogens is 1. The highest BCUT2D eigenvalue weighted by atomic mass is 35.5. The zero-order valence-electron chi connectivity index (χ0n) is 10.1. The number of carbonyl (C=O) groups is 2. The summed E-state index contributed by atoms with van der Waals surface area (Å²) in [5.41, 5.74) is 7.16. The molecule has 4 N–H and O–H groups in total. The fourth-order valence-electron chi connectivity index (χ4n) is 1.90. The molecule has 0 fully saturated rings. The first kappa shape index (κ1) is 15.2. The highest BCUT2D eigenvalue weighted by Gasteiger charge is 2.17. The van der Waals surface area contributed by atoms with Crippen LogP contribution < -0.4 is 5.73 Å². The van der Waals surface area contributed by atoms with E-state index in [1.807, 2.05) is 24.3 Å². The maximum Gasteiger partial charge on any atom is 0.320 e. The van der Waals surface area contributed by atoms with E-state index in [1.54, 1.807) is 6.20 Å². The molecule has 0 bridgehead atoms. The van der Waals surface area contributed by atoms with Crippen molar-refractivity contribution >= 4 is 35.1 Å². The van der Waals surface area contributed by atoms with E-state index >= 15 is 0 Å². The van der Waals surface area contributed by atoms with Gasteiger partial charge in [0, 0.05) is 29.9 Å². The van der Waals surface area contributed by atoms with Crippen LogP contribution in [-0.4, -0.2) is 27.9 Å². The zero-order chi connectivity index (χ0) is 13.1. The molecule has 0 aliphatic rings. The number of hydrogen-bond acceptors (Lipinski definition) is 3. The van der Waals surface area contributed by atoms with Crippen molar-refractivity contribution in [3.8, 4) is 0 Å². The third-order valence-corrected chi connectivity index (χ3v) is 2.83. The van der Waals surface area contributed by atoms with E-state index in [9.17, 15) is 9.59 Å². The fraction of sp³-hybridized carbons (Fsp3) is 0.231. The summed E-state index contributed by atoms with van der Waals surface area (Å²) in [6.07, 6.45) is 1.83. The van der Waals surface area contributed by atoms with E-state index < -0.39 is 12.0 Å². The van der Waals surface area contributed by atoms with Crippen LogP contribution in [0.5, 0.6) is 0 Å². The lowest BCUT2D eigenvalue weighted by molar-refractivity contribution is -0.140. The van der Waals surface area contributed by atoms with Gasteiger partial charge in [-0.05, 0) is 11.6 Å². The van der Waals surface area contributed by atoms with Gasteiger partial charge in [-0.1, -0.05) is 18.2 Å². The predicted molar refractivity (Wildman–Crippen MR) is 74.5 cm³/mol. The average molecular weight is 283 g/mol. The van der Waals surface area contributed by atoms with Crippen LogP contribution in [0.15, 0.2) is 30.5 Å². The molecule has 1 atom stereocenters. The van der Waals surface area contributed by atoms with Gasteiger partial charge in [0.05, 0.1) is 0 Å². The van der Waals surface area contributed by atoms with Gasteiger partial charge < -0.3 is 15.8 Å². The summed E-state index contributed by atoms with van der Waals surface area (Å²) in [6.45, 7) is 0. The molecular weight excluding hydrogens is 268 g/mol. The Morgan fingerprint density at radius 1 is 1.32 bits per heavy atom. The standard InChI is InChI=1S/C13H14N2O3.ClH/c14-11(13(17)18)6-9(16)5-8-7-15-12-4-2-1-3-10(8)12;/h1-4,7,11,15H,5-6,14H2,(H,17,18);1H. The van der Waals surface area contributed by atoms with Gasteiger partial charge >= 0.3 is 5.97 Å². The number of carboxylic acid groups (broad SMARTS) is 1. The van der Waals surface area contributed by atoms with Crippen LogP contribution in [0, 0.1) is 0 Å². The van der Waals surface area contributed by atoms with Gasteiger partial charge in [-0.25, -0.2) is 0 Å². The van der Waals surface area contributed by atoms with Crippen molar-refractivity contribution < 1.29 is 14.7 Å². The lowest BCUT2D eigenvalue weighted by atomic mass is 10.0. The molecule has 19 heavy (non-hydrogen) atoms. The number of fused-ring (bicyclic) bond motifs is 1. The molecule has 0 aliphatic heterocycles. The number of carbonyl (C=O) groups excluding carboxylic acids is 1. The fourth-order valence-corrected chi connectivity index (χ4v) is 1.90. The maximum atomic E-state index is 11.7. The normalized spacial score (nSPS) is 11.8. The molecule has 0 saturated heterocycles. The number of benzene rings is 1. The Morgan fingerprint density at radius 2 is 2.00 bits per heavy atom. The van der Waals surface area contributed by atoms with Crippen molar-refractivity contribution in [2.24, 2.45) is 5.73 Å². The molecule has 5 nitrogen and oxygen atoms in total. The Bertz CT molecular complexity index is 594. The monoisotopic (exact) mass is 282 g/mol. The predicted octanol–water partition coefficient (Wildman–Crippen LogP) is 1.50. The van der Waals surface area contributed by atoms with Crippen molar-refractivity contribution in [3.05, 3.63) is 36.0 Å². The SMILES string of the molecule is Cl.NC(CC(=O)Cc1c[nH]c2ccccc12)C(=O)O. The highest BCUT2D eigenvalue weighted by Crippen LogP contribution is 2.18. The quantitative estimate of drug-likeness (QED) is 0.774. The number of nitrogens with two attached hydrogens (primary N) is 1. The third kappa shape index (κ3) is 3.56. The maximum absolute atomic E-state index is 11.7. The largest absolute Gasteiger partial charge is 0.480 e. The van der Waals surface area contributed by atoms with Crippen molar-refractivity contribution in [1.82, 2.24) is 4.98 Å². The van der Waals surface area contributed by atoms with E-state index in [-0.39, 0.29) is 31.0 Å². The van der Waals surface area contributed by atoms with Crippen LogP contribution in [0.25, 0.3) is 10.9 Å². The third-order valence-electron chi connectivity index (χ3n) is 2.83.